The van der Waals surface area contributed by atoms with Crippen molar-refractivity contribution in [1.82, 2.24) is 10.3 Å². The van der Waals surface area contributed by atoms with Crippen LogP contribution in [0.4, 0.5) is 5.69 Å². The molecular weight excluding hydrogens is 388 g/mol. The fraction of sp³-hybridized carbons (Fsp3) is 0.360. The summed E-state index contributed by atoms with van der Waals surface area (Å²) < 4.78 is 0. The van der Waals surface area contributed by atoms with E-state index >= 15 is 0 Å². The Balaban J connectivity index is 1.24. The van der Waals surface area contributed by atoms with Crippen LogP contribution in [-0.4, -0.2) is 23.1 Å². The van der Waals surface area contributed by atoms with Crippen LogP contribution in [0.25, 0.3) is 15.4 Å². The van der Waals surface area contributed by atoms with Crippen LogP contribution in [0.2, 0.25) is 0 Å². The summed E-state index contributed by atoms with van der Waals surface area (Å²) in [6, 6.07) is 23.0. The predicted octanol–water partition coefficient (Wildman–Crippen LogP) is 5.54. The topological polar surface area (TPSA) is 55.3 Å². The highest BCUT2D eigenvalue weighted by atomic mass is 32.1. The summed E-state index contributed by atoms with van der Waals surface area (Å²) in [6.45, 7) is 0. The summed E-state index contributed by atoms with van der Waals surface area (Å²) in [4.78, 5) is 10.6. The summed E-state index contributed by atoms with van der Waals surface area (Å²) in [5, 5.41) is 4.92. The van der Waals surface area contributed by atoms with Gasteiger partial charge in [0.15, 0.2) is 0 Å². The van der Waals surface area contributed by atoms with Gasteiger partial charge in [0.05, 0.1) is 0 Å². The van der Waals surface area contributed by atoms with Gasteiger partial charge in [-0.2, -0.15) is 0 Å². The predicted molar refractivity (Wildman–Crippen MR) is 125 cm³/mol. The van der Waals surface area contributed by atoms with E-state index in [-0.39, 0.29) is 0 Å². The van der Waals surface area contributed by atoms with Crippen LogP contribution in [0.5, 0.6) is 0 Å². The van der Waals surface area contributed by atoms with Crippen molar-refractivity contribution >= 4 is 17.0 Å². The molecule has 30 heavy (non-hydrogen) atoms. The third-order valence-electron chi connectivity index (χ3n) is 6.08. The number of nitrogens with one attached hydrogen (secondary N) is 1. The summed E-state index contributed by atoms with van der Waals surface area (Å²) in [5.74, 6) is 0.611. The zero-order valence-electron chi connectivity index (χ0n) is 17.0. The number of nitrogens with two attached hydrogens (primary N) is 1. The van der Waals surface area contributed by atoms with Crippen molar-refractivity contribution in [1.29, 1.82) is 0 Å². The second-order valence-electron chi connectivity index (χ2n) is 8.43. The van der Waals surface area contributed by atoms with Gasteiger partial charge >= 0.3 is 11.8 Å². The molecule has 0 saturated heterocycles. The zero-order chi connectivity index (χ0) is 20.3. The van der Waals surface area contributed by atoms with E-state index in [0.717, 1.165) is 34.7 Å². The molecule has 1 aromatic heterocycles. The molecule has 0 spiro atoms. The molecule has 0 amide bonds. The SMILES string of the molecule is NC1CCC(NC2CC2c2cnc(-c3cccc([N+]#Cc4ccccc4)c3)s2)CC1. The lowest BCUT2D eigenvalue weighted by molar-refractivity contribution is 0.340. The number of thiazole rings is 1. The fourth-order valence-corrected chi connectivity index (χ4v) is 5.31. The van der Waals surface area contributed by atoms with Crippen LogP contribution < -0.4 is 11.1 Å². The third kappa shape index (κ3) is 4.62. The van der Waals surface area contributed by atoms with E-state index in [2.05, 4.69) is 34.6 Å². The Morgan fingerprint density at radius 3 is 2.70 bits per heavy atom. The number of nitrogens with zero attached hydrogens (tertiary/aromatic N) is 2. The number of hydrogen-bond acceptors (Lipinski definition) is 4. The Morgan fingerprint density at radius 2 is 1.87 bits per heavy atom. The summed E-state index contributed by atoms with van der Waals surface area (Å²) in [5.41, 5.74) is 9.03. The quantitative estimate of drug-likeness (QED) is 0.588. The Bertz CT molecular complexity index is 1060. The average Bonchev–Trinajstić information content (AvgIpc) is 3.37. The van der Waals surface area contributed by atoms with Gasteiger partial charge in [0.25, 0.3) is 0 Å². The maximum atomic E-state index is 6.03. The van der Waals surface area contributed by atoms with E-state index in [0.29, 0.717) is 24.0 Å². The molecule has 2 atom stereocenters. The minimum atomic E-state index is 0.410. The van der Waals surface area contributed by atoms with Crippen LogP contribution in [-0.2, 0) is 0 Å². The Hall–Kier alpha value is -2.52. The zero-order valence-corrected chi connectivity index (χ0v) is 17.8. The molecule has 3 aromatic rings. The number of aromatic nitrogens is 1. The third-order valence-corrected chi connectivity index (χ3v) is 7.26. The second-order valence-corrected chi connectivity index (χ2v) is 9.50. The van der Waals surface area contributed by atoms with E-state index in [4.69, 9.17) is 10.7 Å². The first-order valence-electron chi connectivity index (χ1n) is 10.8. The molecule has 2 unspecified atom stereocenters. The van der Waals surface area contributed by atoms with Crippen molar-refractivity contribution in [3.8, 4) is 16.6 Å². The van der Waals surface area contributed by atoms with E-state index in [1.807, 2.05) is 53.8 Å². The van der Waals surface area contributed by atoms with Crippen LogP contribution >= 0.6 is 11.3 Å². The van der Waals surface area contributed by atoms with Gasteiger partial charge in [-0.1, -0.05) is 30.3 Å². The lowest BCUT2D eigenvalue weighted by Gasteiger charge is -2.27. The maximum Gasteiger partial charge on any atom is 0.341 e. The highest BCUT2D eigenvalue weighted by Crippen LogP contribution is 2.45. The Morgan fingerprint density at radius 1 is 1.03 bits per heavy atom. The molecule has 2 aromatic carbocycles. The minimum Gasteiger partial charge on any atom is -0.328 e. The molecule has 5 rings (SSSR count). The van der Waals surface area contributed by atoms with Crippen LogP contribution in [0.1, 0.15) is 48.5 Å². The van der Waals surface area contributed by atoms with Gasteiger partial charge in [-0.25, -0.2) is 4.98 Å². The molecule has 1 heterocycles. The Kier molecular flexibility index (Phi) is 5.63. The first-order chi connectivity index (χ1) is 14.7. The molecule has 0 radical (unpaired) electrons. The van der Waals surface area contributed by atoms with Gasteiger partial charge in [-0.3, -0.25) is 0 Å². The van der Waals surface area contributed by atoms with E-state index in [1.54, 1.807) is 0 Å². The molecule has 0 bridgehead atoms. The first-order valence-corrected chi connectivity index (χ1v) is 11.7. The lowest BCUT2D eigenvalue weighted by atomic mass is 9.92. The monoisotopic (exact) mass is 415 g/mol. The number of rotatable bonds is 4. The lowest BCUT2D eigenvalue weighted by Crippen LogP contribution is -2.38. The highest BCUT2D eigenvalue weighted by molar-refractivity contribution is 7.15. The molecule has 152 valence electrons. The Labute approximate surface area is 182 Å². The molecule has 5 heteroatoms. The molecule has 3 N–H and O–H groups in total. The summed E-state index contributed by atoms with van der Waals surface area (Å²) >= 11 is 1.81. The molecule has 2 aliphatic rings. The van der Waals surface area contributed by atoms with E-state index in [1.165, 1.54) is 24.1 Å². The first kappa shape index (κ1) is 19.4. The second kappa shape index (κ2) is 8.69. The van der Waals surface area contributed by atoms with E-state index in [9.17, 15) is 0 Å². The van der Waals surface area contributed by atoms with Gasteiger partial charge in [0, 0.05) is 52.8 Å². The van der Waals surface area contributed by atoms with Crippen molar-refractivity contribution in [2.75, 3.05) is 0 Å². The van der Waals surface area contributed by atoms with Crippen molar-refractivity contribution in [3.63, 3.8) is 0 Å². The maximum absolute atomic E-state index is 6.03. The molecule has 2 saturated carbocycles. The van der Waals surface area contributed by atoms with Gasteiger partial charge in [-0.05, 0) is 49.1 Å². The van der Waals surface area contributed by atoms with Gasteiger partial charge < -0.3 is 11.1 Å². The van der Waals surface area contributed by atoms with E-state index < -0.39 is 0 Å². The van der Waals surface area contributed by atoms with Gasteiger partial charge in [0.2, 0.25) is 0 Å². The van der Waals surface area contributed by atoms with Gasteiger partial charge in [-0.15, -0.1) is 11.3 Å². The molecule has 4 nitrogen and oxygen atoms in total. The summed E-state index contributed by atoms with van der Waals surface area (Å²) in [6.07, 6.45) is 8.02. The fourth-order valence-electron chi connectivity index (χ4n) is 4.22. The van der Waals surface area contributed by atoms with Crippen molar-refractivity contribution in [2.24, 2.45) is 5.73 Å². The molecule has 0 aliphatic heterocycles. The number of hydrogen-bond donors (Lipinski definition) is 2. The average molecular weight is 416 g/mol. The van der Waals surface area contributed by atoms with Crippen molar-refractivity contribution in [3.05, 3.63) is 76.1 Å². The van der Waals surface area contributed by atoms with Crippen LogP contribution in [0.3, 0.4) is 0 Å². The molecule has 2 fully saturated rings. The molecular formula is C25H27N4S+. The minimum absolute atomic E-state index is 0.410. The van der Waals surface area contributed by atoms with Crippen molar-refractivity contribution < 1.29 is 0 Å². The van der Waals surface area contributed by atoms with Crippen molar-refractivity contribution in [2.45, 2.75) is 56.1 Å². The van der Waals surface area contributed by atoms with Crippen LogP contribution in [0.15, 0.2) is 60.8 Å². The van der Waals surface area contributed by atoms with Gasteiger partial charge in [0.1, 0.15) is 10.6 Å². The largest absolute Gasteiger partial charge is 0.341 e. The highest BCUT2D eigenvalue weighted by Gasteiger charge is 2.41. The molecule has 2 aliphatic carbocycles. The number of benzene rings is 2. The summed E-state index contributed by atoms with van der Waals surface area (Å²) in [7, 11) is 0. The standard InChI is InChI=1S/C25H27N4S/c26-19-9-11-20(12-10-19)29-23-14-22(23)24-16-28-25(30-24)18-7-4-8-21(13-18)27-15-17-5-2-1-3-6-17/h1-8,13,16,19-20,22-23,29H,9-12,14,26H2/q+1. The normalized spacial score (nSPS) is 25.4. The smallest absolute Gasteiger partial charge is 0.328 e. The van der Waals surface area contributed by atoms with Crippen LogP contribution in [0, 0.1) is 6.07 Å².